The van der Waals surface area contributed by atoms with Gasteiger partial charge >= 0.3 is 0 Å². The Hall–Kier alpha value is -0.530. The molecule has 4 nitrogen and oxygen atoms in total. The van der Waals surface area contributed by atoms with Gasteiger partial charge in [-0.25, -0.2) is 0 Å². The van der Waals surface area contributed by atoms with Gasteiger partial charge in [-0.2, -0.15) is 0 Å². The second kappa shape index (κ2) is 7.16. The number of nitrogens with one attached hydrogen (secondary N) is 1. The Morgan fingerprint density at radius 1 is 1.50 bits per heavy atom. The second-order valence-electron chi connectivity index (χ2n) is 4.52. The van der Waals surface area contributed by atoms with Crippen molar-refractivity contribution < 1.29 is 9.53 Å². The maximum Gasteiger partial charge on any atom is 0.252 e. The van der Waals surface area contributed by atoms with Crippen LogP contribution in [0.4, 0.5) is 0 Å². The number of hydrogen-bond donors (Lipinski definition) is 2. The van der Waals surface area contributed by atoms with Crippen molar-refractivity contribution in [1.82, 2.24) is 5.32 Å². The standard InChI is InChI=1S/C12H17IN2O2.ClH/c1-12(2,14)7-15-11(16)9-5-4-8(17-3)6-10(9)13;/h4-6H,7,14H2,1-3H3,(H,15,16);1H. The molecule has 0 saturated heterocycles. The summed E-state index contributed by atoms with van der Waals surface area (Å²) in [6.07, 6.45) is 0. The number of ether oxygens (including phenoxy) is 1. The van der Waals surface area contributed by atoms with Gasteiger partial charge in [-0.05, 0) is 54.6 Å². The third kappa shape index (κ3) is 5.41. The van der Waals surface area contributed by atoms with Crippen molar-refractivity contribution in [3.63, 3.8) is 0 Å². The highest BCUT2D eigenvalue weighted by molar-refractivity contribution is 14.1. The summed E-state index contributed by atoms with van der Waals surface area (Å²) in [6, 6.07) is 5.34. The van der Waals surface area contributed by atoms with Crippen LogP contribution in [0.2, 0.25) is 0 Å². The molecule has 0 radical (unpaired) electrons. The molecule has 0 bridgehead atoms. The molecule has 102 valence electrons. The Labute approximate surface area is 127 Å². The van der Waals surface area contributed by atoms with E-state index in [1.54, 1.807) is 19.2 Å². The summed E-state index contributed by atoms with van der Waals surface area (Å²) in [6.45, 7) is 4.17. The normalized spacial score (nSPS) is 10.5. The van der Waals surface area contributed by atoms with Crippen LogP contribution in [0, 0.1) is 3.57 Å². The van der Waals surface area contributed by atoms with Crippen molar-refractivity contribution in [1.29, 1.82) is 0 Å². The molecule has 1 rings (SSSR count). The van der Waals surface area contributed by atoms with Crippen molar-refractivity contribution in [3.8, 4) is 5.75 Å². The van der Waals surface area contributed by atoms with E-state index in [1.807, 2.05) is 19.9 Å². The van der Waals surface area contributed by atoms with Crippen LogP contribution in [0.25, 0.3) is 0 Å². The zero-order chi connectivity index (χ0) is 13.1. The summed E-state index contributed by atoms with van der Waals surface area (Å²) < 4.78 is 5.94. The molecule has 1 aromatic rings. The molecule has 0 saturated carbocycles. The first-order chi connectivity index (χ1) is 7.83. The maximum atomic E-state index is 11.9. The van der Waals surface area contributed by atoms with Crippen LogP contribution in [-0.4, -0.2) is 25.1 Å². The molecule has 1 aromatic carbocycles. The lowest BCUT2D eigenvalue weighted by Gasteiger charge is -2.19. The first-order valence-corrected chi connectivity index (χ1v) is 6.32. The van der Waals surface area contributed by atoms with Crippen molar-refractivity contribution in [2.45, 2.75) is 19.4 Å². The van der Waals surface area contributed by atoms with Gasteiger partial charge in [0.15, 0.2) is 0 Å². The van der Waals surface area contributed by atoms with E-state index in [4.69, 9.17) is 10.5 Å². The fourth-order valence-corrected chi connectivity index (χ4v) is 1.94. The van der Waals surface area contributed by atoms with E-state index in [0.29, 0.717) is 12.1 Å². The molecule has 3 N–H and O–H groups in total. The minimum atomic E-state index is -0.409. The minimum absolute atomic E-state index is 0. The molecule has 0 spiro atoms. The third-order valence-electron chi connectivity index (χ3n) is 2.13. The lowest BCUT2D eigenvalue weighted by atomic mass is 10.1. The Kier molecular flexibility index (Phi) is 6.94. The number of carbonyl (C=O) groups excluding carboxylic acids is 1. The summed E-state index contributed by atoms with van der Waals surface area (Å²) in [5, 5.41) is 2.81. The SMILES string of the molecule is COc1ccc(C(=O)NCC(C)(C)N)c(I)c1.Cl. The fourth-order valence-electron chi connectivity index (χ4n) is 1.21. The summed E-state index contributed by atoms with van der Waals surface area (Å²) in [4.78, 5) is 11.9. The van der Waals surface area contributed by atoms with E-state index >= 15 is 0 Å². The van der Waals surface area contributed by atoms with Gasteiger partial charge in [0.05, 0.1) is 12.7 Å². The number of carbonyl (C=O) groups is 1. The van der Waals surface area contributed by atoms with E-state index in [2.05, 4.69) is 27.9 Å². The van der Waals surface area contributed by atoms with Gasteiger partial charge in [0.2, 0.25) is 0 Å². The topological polar surface area (TPSA) is 64.3 Å². The molecule has 6 heteroatoms. The van der Waals surface area contributed by atoms with Gasteiger partial charge in [0.1, 0.15) is 5.75 Å². The van der Waals surface area contributed by atoms with Crippen LogP contribution in [0.3, 0.4) is 0 Å². The first-order valence-electron chi connectivity index (χ1n) is 5.24. The van der Waals surface area contributed by atoms with Gasteiger partial charge < -0.3 is 15.8 Å². The monoisotopic (exact) mass is 384 g/mol. The molecule has 0 aromatic heterocycles. The molecule has 0 fully saturated rings. The van der Waals surface area contributed by atoms with Crippen molar-refractivity contribution in [2.75, 3.05) is 13.7 Å². The van der Waals surface area contributed by atoms with Crippen LogP contribution in [0.15, 0.2) is 18.2 Å². The van der Waals surface area contributed by atoms with Crippen LogP contribution < -0.4 is 15.8 Å². The highest BCUT2D eigenvalue weighted by Gasteiger charge is 2.15. The number of amides is 1. The Bertz CT molecular complexity index is 419. The molecule has 0 atom stereocenters. The van der Waals surface area contributed by atoms with Crippen LogP contribution in [0.1, 0.15) is 24.2 Å². The average Bonchev–Trinajstić information content (AvgIpc) is 2.24. The number of benzene rings is 1. The quantitative estimate of drug-likeness (QED) is 0.782. The molecular formula is C12H18ClIN2O2. The predicted octanol–water partition coefficient (Wildman–Crippen LogP) is 2.19. The Morgan fingerprint density at radius 2 is 2.11 bits per heavy atom. The van der Waals surface area contributed by atoms with Crippen LogP contribution in [-0.2, 0) is 0 Å². The molecular weight excluding hydrogens is 367 g/mol. The largest absolute Gasteiger partial charge is 0.497 e. The third-order valence-corrected chi connectivity index (χ3v) is 3.02. The van der Waals surface area contributed by atoms with E-state index in [0.717, 1.165) is 9.32 Å². The molecule has 0 aliphatic carbocycles. The number of hydrogen-bond acceptors (Lipinski definition) is 3. The highest BCUT2D eigenvalue weighted by atomic mass is 127. The van der Waals surface area contributed by atoms with E-state index in [-0.39, 0.29) is 18.3 Å². The first kappa shape index (κ1) is 17.5. The molecule has 0 aliphatic rings. The summed E-state index contributed by atoms with van der Waals surface area (Å²) in [5.74, 6) is 0.626. The Balaban J connectivity index is 0.00000289. The summed E-state index contributed by atoms with van der Waals surface area (Å²) in [5.41, 5.74) is 6.03. The molecule has 18 heavy (non-hydrogen) atoms. The molecule has 0 heterocycles. The highest BCUT2D eigenvalue weighted by Crippen LogP contribution is 2.19. The number of halogens is 2. The van der Waals surface area contributed by atoms with Crippen molar-refractivity contribution in [2.24, 2.45) is 5.73 Å². The zero-order valence-corrected chi connectivity index (χ0v) is 13.6. The summed E-state index contributed by atoms with van der Waals surface area (Å²) in [7, 11) is 1.60. The number of methoxy groups -OCH3 is 1. The van der Waals surface area contributed by atoms with E-state index < -0.39 is 5.54 Å². The lowest BCUT2D eigenvalue weighted by molar-refractivity contribution is 0.0945. The van der Waals surface area contributed by atoms with Gasteiger partial charge in [-0.3, -0.25) is 4.79 Å². The van der Waals surface area contributed by atoms with Gasteiger partial charge in [0.25, 0.3) is 5.91 Å². The number of rotatable bonds is 4. The van der Waals surface area contributed by atoms with Crippen LogP contribution >= 0.6 is 35.0 Å². The lowest BCUT2D eigenvalue weighted by Crippen LogP contribution is -2.45. The number of nitrogens with two attached hydrogens (primary N) is 1. The molecule has 0 unspecified atom stereocenters. The van der Waals surface area contributed by atoms with Crippen molar-refractivity contribution in [3.05, 3.63) is 27.3 Å². The van der Waals surface area contributed by atoms with E-state index in [1.165, 1.54) is 0 Å². The predicted molar refractivity (Wildman–Crippen MR) is 83.6 cm³/mol. The minimum Gasteiger partial charge on any atom is -0.497 e. The average molecular weight is 385 g/mol. The van der Waals surface area contributed by atoms with Gasteiger partial charge in [0, 0.05) is 15.7 Å². The van der Waals surface area contributed by atoms with Crippen LogP contribution in [0.5, 0.6) is 5.75 Å². The Morgan fingerprint density at radius 3 is 2.56 bits per heavy atom. The van der Waals surface area contributed by atoms with E-state index in [9.17, 15) is 4.79 Å². The smallest absolute Gasteiger partial charge is 0.252 e. The molecule has 0 aliphatic heterocycles. The second-order valence-corrected chi connectivity index (χ2v) is 5.68. The van der Waals surface area contributed by atoms with Gasteiger partial charge in [-0.15, -0.1) is 12.4 Å². The zero-order valence-electron chi connectivity index (χ0n) is 10.6. The molecule has 1 amide bonds. The van der Waals surface area contributed by atoms with Gasteiger partial charge in [-0.1, -0.05) is 0 Å². The summed E-state index contributed by atoms with van der Waals surface area (Å²) >= 11 is 2.11. The van der Waals surface area contributed by atoms with Crippen molar-refractivity contribution >= 4 is 40.9 Å². The fraction of sp³-hybridized carbons (Fsp3) is 0.417. The maximum absolute atomic E-state index is 11.9.